The lowest BCUT2D eigenvalue weighted by molar-refractivity contribution is 0.284. The van der Waals surface area contributed by atoms with E-state index in [1.54, 1.807) is 0 Å². The van der Waals surface area contributed by atoms with E-state index < -0.39 is 15.3 Å². The van der Waals surface area contributed by atoms with Crippen molar-refractivity contribution in [3.05, 3.63) is 12.8 Å². The van der Waals surface area contributed by atoms with Gasteiger partial charge in [0.15, 0.2) is 0 Å². The number of nitrogens with two attached hydrogens (primary N) is 1. The third-order valence-corrected chi connectivity index (χ3v) is 2.74. The summed E-state index contributed by atoms with van der Waals surface area (Å²) in [6, 6.07) is 0. The molecule has 6 heteroatoms. The van der Waals surface area contributed by atoms with Gasteiger partial charge in [-0.15, -0.1) is 0 Å². The lowest BCUT2D eigenvalue weighted by Gasteiger charge is -2.12. The topological polar surface area (TPSA) is 92.4 Å². The Hall–Kier alpha value is -0.590. The molecule has 0 aromatic heterocycles. The first-order valence-corrected chi connectivity index (χ1v) is 5.10. The fourth-order valence-electron chi connectivity index (χ4n) is 0.741. The molecule has 4 N–H and O–H groups in total. The maximum Gasteiger partial charge on any atom is 0.213 e. The Bertz CT molecular complexity index is 225. The second-order valence-corrected chi connectivity index (χ2v) is 4.18. The number of hydrogen-bond donors (Lipinski definition) is 3. The van der Waals surface area contributed by atoms with E-state index in [0.29, 0.717) is 0 Å². The van der Waals surface area contributed by atoms with Crippen molar-refractivity contribution in [2.75, 3.05) is 13.2 Å². The van der Waals surface area contributed by atoms with E-state index in [-0.39, 0.29) is 19.6 Å². The highest BCUT2D eigenvalue weighted by Gasteiger charge is 2.19. The quantitative estimate of drug-likeness (QED) is 0.493. The van der Waals surface area contributed by atoms with E-state index in [1.807, 2.05) is 0 Å². The van der Waals surface area contributed by atoms with Crippen molar-refractivity contribution in [2.45, 2.75) is 11.7 Å². The molecule has 0 heterocycles. The second kappa shape index (κ2) is 5.13. The fraction of sp³-hybridized carbons (Fsp3) is 0.667. The summed E-state index contributed by atoms with van der Waals surface area (Å²) < 4.78 is 21.6. The molecular formula is C6H14N2O3S. The predicted molar refractivity (Wildman–Crippen MR) is 46.8 cm³/mol. The van der Waals surface area contributed by atoms with Gasteiger partial charge in [-0.25, -0.2) is 13.6 Å². The van der Waals surface area contributed by atoms with Crippen LogP contribution in [-0.2, 0) is 10.0 Å². The number of aliphatic hydroxyl groups excluding tert-OH is 1. The van der Waals surface area contributed by atoms with E-state index in [4.69, 9.17) is 10.2 Å². The highest BCUT2D eigenvalue weighted by molar-refractivity contribution is 7.89. The molecule has 0 spiro atoms. The molecular weight excluding hydrogens is 180 g/mol. The van der Waals surface area contributed by atoms with E-state index in [2.05, 4.69) is 11.9 Å². The molecule has 0 bridgehead atoms. The number of hydrogen-bond acceptors (Lipinski definition) is 4. The zero-order valence-corrected chi connectivity index (χ0v) is 7.55. The molecule has 0 fully saturated rings. The second-order valence-electron chi connectivity index (χ2n) is 2.34. The van der Waals surface area contributed by atoms with Crippen LogP contribution in [0.4, 0.5) is 0 Å². The Morgan fingerprint density at radius 3 is 2.58 bits per heavy atom. The van der Waals surface area contributed by atoms with Crippen LogP contribution in [-0.4, -0.2) is 31.9 Å². The molecule has 0 saturated heterocycles. The van der Waals surface area contributed by atoms with Gasteiger partial charge in [0.2, 0.25) is 10.0 Å². The Labute approximate surface area is 72.3 Å². The number of primary sulfonamides is 1. The first-order chi connectivity index (χ1) is 5.52. The molecule has 5 nitrogen and oxygen atoms in total. The van der Waals surface area contributed by atoms with Crippen LogP contribution in [0.3, 0.4) is 0 Å². The van der Waals surface area contributed by atoms with Crippen molar-refractivity contribution in [3.63, 3.8) is 0 Å². The minimum absolute atomic E-state index is 0.139. The van der Waals surface area contributed by atoms with Gasteiger partial charge in [-0.05, 0) is 12.6 Å². The van der Waals surface area contributed by atoms with Crippen LogP contribution >= 0.6 is 0 Å². The van der Waals surface area contributed by atoms with Crippen LogP contribution < -0.4 is 10.5 Å². The molecule has 0 aromatic rings. The van der Waals surface area contributed by atoms with Gasteiger partial charge in [0.05, 0.1) is 5.25 Å². The summed E-state index contributed by atoms with van der Waals surface area (Å²) in [6.45, 7) is 3.35. The monoisotopic (exact) mass is 194 g/mol. The van der Waals surface area contributed by atoms with Crippen LogP contribution in [0.25, 0.3) is 0 Å². The van der Waals surface area contributed by atoms with Gasteiger partial charge in [0.1, 0.15) is 0 Å². The lowest BCUT2D eigenvalue weighted by atomic mass is 10.3. The van der Waals surface area contributed by atoms with Crippen LogP contribution in [0.15, 0.2) is 12.8 Å². The van der Waals surface area contributed by atoms with Crippen LogP contribution in [0.2, 0.25) is 0 Å². The first-order valence-electron chi connectivity index (χ1n) is 3.49. The molecule has 1 atom stereocenters. The van der Waals surface area contributed by atoms with E-state index in [0.717, 1.165) is 0 Å². The normalized spacial score (nSPS) is 13.8. The zero-order valence-electron chi connectivity index (χ0n) is 6.73. The summed E-state index contributed by atoms with van der Waals surface area (Å²) in [6.07, 6.45) is 1.52. The standard InChI is InChI=1S/C6H14N2O3S/c1-2-8-5-6(3-4-9)12(7,10)11/h2,6,8-9H,1,3-5H2,(H2,7,10,11). The van der Waals surface area contributed by atoms with E-state index >= 15 is 0 Å². The SMILES string of the molecule is C=CNCC(CCO)S(N)(=O)=O. The number of nitrogens with one attached hydrogen (secondary N) is 1. The maximum atomic E-state index is 10.8. The Kier molecular flexibility index (Phi) is 4.87. The summed E-state index contributed by atoms with van der Waals surface area (Å²) in [5, 5.41) is 15.3. The lowest BCUT2D eigenvalue weighted by Crippen LogP contribution is -2.36. The van der Waals surface area contributed by atoms with Gasteiger partial charge in [-0.2, -0.15) is 0 Å². The van der Waals surface area contributed by atoms with Gasteiger partial charge in [0.25, 0.3) is 0 Å². The summed E-state index contributed by atoms with van der Waals surface area (Å²) in [5.74, 6) is 0. The molecule has 0 aliphatic rings. The minimum Gasteiger partial charge on any atom is -0.396 e. The van der Waals surface area contributed by atoms with Crippen molar-refractivity contribution in [1.82, 2.24) is 5.32 Å². The van der Waals surface area contributed by atoms with Gasteiger partial charge < -0.3 is 10.4 Å². The molecule has 0 radical (unpaired) electrons. The highest BCUT2D eigenvalue weighted by Crippen LogP contribution is 1.99. The maximum absolute atomic E-state index is 10.8. The predicted octanol–water partition coefficient (Wildman–Crippen LogP) is -1.24. The van der Waals surface area contributed by atoms with E-state index in [1.165, 1.54) is 6.20 Å². The van der Waals surface area contributed by atoms with Crippen molar-refractivity contribution in [3.8, 4) is 0 Å². The average molecular weight is 194 g/mol. The van der Waals surface area contributed by atoms with Gasteiger partial charge in [-0.1, -0.05) is 6.58 Å². The highest BCUT2D eigenvalue weighted by atomic mass is 32.2. The van der Waals surface area contributed by atoms with Gasteiger partial charge in [0, 0.05) is 13.2 Å². The molecule has 0 saturated carbocycles. The summed E-state index contributed by atoms with van der Waals surface area (Å²) >= 11 is 0. The van der Waals surface area contributed by atoms with Crippen molar-refractivity contribution in [2.24, 2.45) is 5.14 Å². The van der Waals surface area contributed by atoms with Crippen molar-refractivity contribution >= 4 is 10.0 Å². The number of rotatable bonds is 6. The third-order valence-electron chi connectivity index (χ3n) is 1.41. The van der Waals surface area contributed by atoms with Crippen molar-refractivity contribution in [1.29, 1.82) is 0 Å². The summed E-state index contributed by atoms with van der Waals surface area (Å²) in [4.78, 5) is 0. The summed E-state index contributed by atoms with van der Waals surface area (Å²) in [5.41, 5.74) is 0. The fourth-order valence-corrected chi connectivity index (χ4v) is 1.50. The largest absolute Gasteiger partial charge is 0.396 e. The summed E-state index contributed by atoms with van der Waals surface area (Å²) in [7, 11) is -3.57. The first kappa shape index (κ1) is 11.4. The molecule has 12 heavy (non-hydrogen) atoms. The Balaban J connectivity index is 4.13. The Morgan fingerprint density at radius 1 is 1.67 bits per heavy atom. The molecule has 0 rings (SSSR count). The van der Waals surface area contributed by atoms with E-state index in [9.17, 15) is 8.42 Å². The molecule has 0 aliphatic heterocycles. The van der Waals surface area contributed by atoms with Gasteiger partial charge >= 0.3 is 0 Å². The third kappa shape index (κ3) is 4.32. The number of sulfonamides is 1. The van der Waals surface area contributed by atoms with Crippen LogP contribution in [0, 0.1) is 0 Å². The zero-order chi connectivity index (χ0) is 9.61. The van der Waals surface area contributed by atoms with Crippen LogP contribution in [0.5, 0.6) is 0 Å². The molecule has 0 aliphatic carbocycles. The molecule has 72 valence electrons. The van der Waals surface area contributed by atoms with Gasteiger partial charge in [-0.3, -0.25) is 0 Å². The molecule has 1 unspecified atom stereocenters. The molecule has 0 aromatic carbocycles. The Morgan fingerprint density at radius 2 is 2.25 bits per heavy atom. The van der Waals surface area contributed by atoms with Crippen LogP contribution in [0.1, 0.15) is 6.42 Å². The smallest absolute Gasteiger partial charge is 0.213 e. The van der Waals surface area contributed by atoms with Crippen molar-refractivity contribution < 1.29 is 13.5 Å². The average Bonchev–Trinajstić information content (AvgIpc) is 1.95. The molecule has 0 amide bonds. The number of aliphatic hydroxyl groups is 1. The minimum atomic E-state index is -3.57.